The molecule has 0 aliphatic carbocycles. The van der Waals surface area contributed by atoms with Gasteiger partial charge in [0.2, 0.25) is 0 Å². The average Bonchev–Trinajstić information content (AvgIpc) is 3.25. The Morgan fingerprint density at radius 3 is 2.62 bits per heavy atom. The van der Waals surface area contributed by atoms with E-state index in [2.05, 4.69) is 27.5 Å². The topological polar surface area (TPSA) is 110 Å². The number of esters is 1. The molecule has 1 aliphatic rings. The minimum atomic E-state index is -0.416. The van der Waals surface area contributed by atoms with E-state index in [1.807, 2.05) is 18.2 Å². The Morgan fingerprint density at radius 2 is 1.88 bits per heavy atom. The number of aromatic nitrogens is 3. The number of fused-ring (bicyclic) bond motifs is 1. The van der Waals surface area contributed by atoms with Crippen molar-refractivity contribution in [1.29, 1.82) is 0 Å². The molecular weight excluding hydrogens is 410 g/mol. The van der Waals surface area contributed by atoms with Crippen LogP contribution < -0.4 is 5.32 Å². The number of amides is 2. The normalized spacial score (nSPS) is 12.4. The van der Waals surface area contributed by atoms with Gasteiger partial charge in [-0.1, -0.05) is 29.2 Å². The zero-order valence-corrected chi connectivity index (χ0v) is 17.4. The van der Waals surface area contributed by atoms with Gasteiger partial charge in [0.1, 0.15) is 5.69 Å². The van der Waals surface area contributed by atoms with E-state index in [-0.39, 0.29) is 12.6 Å². The maximum absolute atomic E-state index is 12.7. The molecule has 1 aromatic heterocycles. The van der Waals surface area contributed by atoms with Gasteiger partial charge in [0, 0.05) is 23.4 Å². The Hall–Kier alpha value is -4.16. The molecule has 2 amide bonds. The highest BCUT2D eigenvalue weighted by Crippen LogP contribution is 2.17. The molecule has 162 valence electrons. The molecule has 9 heteroatoms. The van der Waals surface area contributed by atoms with Gasteiger partial charge >= 0.3 is 12.0 Å². The van der Waals surface area contributed by atoms with Crippen LogP contribution in [0.1, 0.15) is 32.9 Å². The molecule has 0 radical (unpaired) electrons. The second-order valence-corrected chi connectivity index (χ2v) is 7.12. The molecule has 0 spiro atoms. The molecule has 4 rings (SSSR count). The molecule has 1 aliphatic heterocycles. The van der Waals surface area contributed by atoms with E-state index in [9.17, 15) is 14.7 Å². The molecule has 32 heavy (non-hydrogen) atoms. The summed E-state index contributed by atoms with van der Waals surface area (Å²) in [6, 6.07) is 13.9. The predicted molar refractivity (Wildman–Crippen MR) is 116 cm³/mol. The Kier molecular flexibility index (Phi) is 6.14. The molecule has 2 heterocycles. The van der Waals surface area contributed by atoms with Crippen molar-refractivity contribution in [3.05, 3.63) is 76.6 Å². The highest BCUT2D eigenvalue weighted by atomic mass is 16.5. The van der Waals surface area contributed by atoms with Crippen LogP contribution >= 0.6 is 0 Å². The number of methoxy groups -OCH3 is 1. The maximum Gasteiger partial charge on any atom is 0.337 e. The first-order chi connectivity index (χ1) is 15.6. The highest BCUT2D eigenvalue weighted by molar-refractivity contribution is 5.90. The number of anilines is 1. The number of hydrogen-bond acceptors (Lipinski definition) is 6. The summed E-state index contributed by atoms with van der Waals surface area (Å²) in [5.74, 6) is 5.66. The second kappa shape index (κ2) is 9.32. The molecule has 0 fully saturated rings. The van der Waals surface area contributed by atoms with E-state index in [1.165, 1.54) is 7.11 Å². The first-order valence-electron chi connectivity index (χ1n) is 9.96. The molecule has 0 saturated heterocycles. The number of rotatable bonds is 3. The lowest BCUT2D eigenvalue weighted by Gasteiger charge is -2.27. The lowest BCUT2D eigenvalue weighted by Crippen LogP contribution is -2.41. The van der Waals surface area contributed by atoms with Gasteiger partial charge in [-0.3, -0.25) is 0 Å². The largest absolute Gasteiger partial charge is 0.465 e. The van der Waals surface area contributed by atoms with Gasteiger partial charge in [-0.15, -0.1) is 5.10 Å². The molecule has 3 aromatic rings. The number of carbonyl (C=O) groups excluding carboxylic acids is 2. The van der Waals surface area contributed by atoms with Crippen molar-refractivity contribution in [2.45, 2.75) is 19.7 Å². The summed E-state index contributed by atoms with van der Waals surface area (Å²) in [4.78, 5) is 26.1. The number of aliphatic hydroxyl groups excluding tert-OH is 1. The number of nitrogens with one attached hydrogen (secondary N) is 1. The Bertz CT molecular complexity index is 1210. The van der Waals surface area contributed by atoms with Crippen LogP contribution in [0.15, 0.2) is 48.5 Å². The van der Waals surface area contributed by atoms with Gasteiger partial charge < -0.3 is 20.1 Å². The van der Waals surface area contributed by atoms with Crippen molar-refractivity contribution in [2.75, 3.05) is 19.0 Å². The lowest BCUT2D eigenvalue weighted by atomic mass is 10.1. The summed E-state index contributed by atoms with van der Waals surface area (Å²) in [5.41, 5.74) is 3.67. The highest BCUT2D eigenvalue weighted by Gasteiger charge is 2.24. The number of ether oxygens (including phenoxy) is 1. The first kappa shape index (κ1) is 21.1. The Morgan fingerprint density at radius 1 is 1.12 bits per heavy atom. The SMILES string of the molecule is COC(=O)c1cccc(C#Cc2cccc(NC(=O)N3CCn4nnc(CO)c4C3)c2)c1. The third kappa shape index (κ3) is 4.61. The summed E-state index contributed by atoms with van der Waals surface area (Å²) >= 11 is 0. The third-order valence-electron chi connectivity index (χ3n) is 5.03. The molecule has 0 atom stereocenters. The lowest BCUT2D eigenvalue weighted by molar-refractivity contribution is 0.0600. The van der Waals surface area contributed by atoms with E-state index in [4.69, 9.17) is 4.74 Å². The maximum atomic E-state index is 12.7. The van der Waals surface area contributed by atoms with Crippen molar-refractivity contribution >= 4 is 17.7 Å². The molecule has 9 nitrogen and oxygen atoms in total. The minimum absolute atomic E-state index is 0.214. The van der Waals surface area contributed by atoms with Crippen LogP contribution in [0.2, 0.25) is 0 Å². The summed E-state index contributed by atoms with van der Waals surface area (Å²) in [7, 11) is 1.33. The van der Waals surface area contributed by atoms with Crippen molar-refractivity contribution < 1.29 is 19.4 Å². The summed E-state index contributed by atoms with van der Waals surface area (Å²) in [6.45, 7) is 1.12. The van der Waals surface area contributed by atoms with Gasteiger partial charge in [0.15, 0.2) is 0 Å². The van der Waals surface area contributed by atoms with Crippen molar-refractivity contribution in [2.24, 2.45) is 0 Å². The smallest absolute Gasteiger partial charge is 0.337 e. The molecule has 0 saturated carbocycles. The van der Waals surface area contributed by atoms with E-state index in [0.717, 1.165) is 11.3 Å². The van der Waals surface area contributed by atoms with Crippen LogP contribution in [0.25, 0.3) is 0 Å². The van der Waals surface area contributed by atoms with Gasteiger partial charge in [-0.25, -0.2) is 14.3 Å². The van der Waals surface area contributed by atoms with Crippen LogP contribution in [0.3, 0.4) is 0 Å². The van der Waals surface area contributed by atoms with Crippen molar-refractivity contribution in [1.82, 2.24) is 19.9 Å². The second-order valence-electron chi connectivity index (χ2n) is 7.12. The number of hydrogen-bond donors (Lipinski definition) is 2. The molecule has 2 aromatic carbocycles. The van der Waals surface area contributed by atoms with Gasteiger partial charge in [-0.05, 0) is 36.4 Å². The predicted octanol–water partition coefficient (Wildman–Crippen LogP) is 2.00. The fourth-order valence-corrected chi connectivity index (χ4v) is 3.36. The zero-order valence-electron chi connectivity index (χ0n) is 17.4. The molecular formula is C23H21N5O4. The fraction of sp³-hybridized carbons (Fsp3) is 0.217. The fourth-order valence-electron chi connectivity index (χ4n) is 3.36. The monoisotopic (exact) mass is 431 g/mol. The Balaban J connectivity index is 1.45. The molecule has 0 bridgehead atoms. The number of carbonyl (C=O) groups is 2. The van der Waals surface area contributed by atoms with Gasteiger partial charge in [0.25, 0.3) is 0 Å². The standard InChI is InChI=1S/C23H21N5O4/c1-32-22(30)18-6-2-4-16(12-18)8-9-17-5-3-7-19(13-17)24-23(31)27-10-11-28-21(14-27)20(15-29)25-26-28/h2-7,12-13,29H,10-11,14-15H2,1H3,(H,24,31). The van der Waals surface area contributed by atoms with E-state index >= 15 is 0 Å². The van der Waals surface area contributed by atoms with Crippen LogP contribution in [0.5, 0.6) is 0 Å². The minimum Gasteiger partial charge on any atom is -0.465 e. The van der Waals surface area contributed by atoms with E-state index in [0.29, 0.717) is 42.1 Å². The first-order valence-corrected chi connectivity index (χ1v) is 9.96. The number of aliphatic hydroxyl groups is 1. The zero-order chi connectivity index (χ0) is 22.5. The quantitative estimate of drug-likeness (QED) is 0.485. The summed E-state index contributed by atoms with van der Waals surface area (Å²) in [5, 5.41) is 20.2. The third-order valence-corrected chi connectivity index (χ3v) is 5.03. The van der Waals surface area contributed by atoms with E-state index < -0.39 is 5.97 Å². The number of benzene rings is 2. The van der Waals surface area contributed by atoms with Gasteiger partial charge in [0.05, 0.1) is 38.1 Å². The van der Waals surface area contributed by atoms with Crippen LogP contribution in [-0.4, -0.2) is 50.7 Å². The average molecular weight is 431 g/mol. The van der Waals surface area contributed by atoms with Crippen LogP contribution in [0, 0.1) is 11.8 Å². The summed E-state index contributed by atoms with van der Waals surface area (Å²) < 4.78 is 6.44. The molecule has 0 unspecified atom stereocenters. The van der Waals surface area contributed by atoms with Gasteiger partial charge in [-0.2, -0.15) is 0 Å². The van der Waals surface area contributed by atoms with E-state index in [1.54, 1.807) is 39.9 Å². The van der Waals surface area contributed by atoms with Crippen molar-refractivity contribution in [3.63, 3.8) is 0 Å². The Labute approximate surface area is 184 Å². The number of nitrogens with zero attached hydrogens (tertiary/aromatic N) is 4. The summed E-state index contributed by atoms with van der Waals surface area (Å²) in [6.07, 6.45) is 0. The van der Waals surface area contributed by atoms with Crippen molar-refractivity contribution in [3.8, 4) is 11.8 Å². The van der Waals surface area contributed by atoms with Crippen LogP contribution in [0.4, 0.5) is 10.5 Å². The molecule has 2 N–H and O–H groups in total. The number of urea groups is 1. The van der Waals surface area contributed by atoms with Crippen LogP contribution in [-0.2, 0) is 24.4 Å².